The highest BCUT2D eigenvalue weighted by atomic mass is 14.7. The molecule has 0 aliphatic rings. The van der Waals surface area contributed by atoms with Crippen molar-refractivity contribution in [2.75, 3.05) is 0 Å². The molecule has 0 bridgehead atoms. The van der Waals surface area contributed by atoms with Crippen LogP contribution < -0.4 is 0 Å². The molecule has 52 valence electrons. The van der Waals surface area contributed by atoms with Crippen LogP contribution in [0.5, 0.6) is 0 Å². The molecule has 1 nitrogen and oxygen atoms in total. The average molecular weight is 125 g/mol. The van der Waals surface area contributed by atoms with E-state index in [4.69, 9.17) is 0 Å². The summed E-state index contributed by atoms with van der Waals surface area (Å²) in [5.41, 5.74) is 0. The summed E-state index contributed by atoms with van der Waals surface area (Å²) < 4.78 is 0. The molecule has 0 aromatic carbocycles. The maximum atomic E-state index is 3.95. The zero-order chi connectivity index (χ0) is 7.11. The van der Waals surface area contributed by atoms with Crippen LogP contribution >= 0.6 is 0 Å². The largest absolute Gasteiger partial charge is 0.297 e. The van der Waals surface area contributed by atoms with E-state index in [1.54, 1.807) is 0 Å². The summed E-state index contributed by atoms with van der Waals surface area (Å²) in [7, 11) is 0. The smallest absolute Gasteiger partial charge is 0.0526 e. The minimum absolute atomic E-state index is 0.410. The molecule has 1 heteroatoms. The van der Waals surface area contributed by atoms with Gasteiger partial charge in [-0.1, -0.05) is 19.4 Å². The van der Waals surface area contributed by atoms with Gasteiger partial charge in [0.2, 0.25) is 0 Å². The lowest BCUT2D eigenvalue weighted by atomic mass is 10.1. The monoisotopic (exact) mass is 125 g/mol. The molecular weight excluding hydrogens is 110 g/mol. The fraction of sp³-hybridized carbons (Fsp3) is 0.625. The molecule has 0 fully saturated rings. The third-order valence-electron chi connectivity index (χ3n) is 1.32. The standard InChI is InChI=1S/C8H15N/c1-4-6-8(9-3)7-5-2/h4,8H,1,3,5-7H2,2H3. The second-order valence-electron chi connectivity index (χ2n) is 2.15. The molecule has 0 radical (unpaired) electrons. The van der Waals surface area contributed by atoms with Crippen molar-refractivity contribution >= 4 is 6.72 Å². The van der Waals surface area contributed by atoms with Crippen LogP contribution in [0.4, 0.5) is 0 Å². The Morgan fingerprint density at radius 3 is 2.67 bits per heavy atom. The Morgan fingerprint density at radius 1 is 1.67 bits per heavy atom. The fourth-order valence-electron chi connectivity index (χ4n) is 0.809. The number of hydrogen-bond acceptors (Lipinski definition) is 1. The fourth-order valence-corrected chi connectivity index (χ4v) is 0.809. The highest BCUT2D eigenvalue weighted by Gasteiger charge is 1.98. The van der Waals surface area contributed by atoms with E-state index in [9.17, 15) is 0 Å². The van der Waals surface area contributed by atoms with Crippen molar-refractivity contribution in [3.8, 4) is 0 Å². The van der Waals surface area contributed by atoms with Gasteiger partial charge in [-0.2, -0.15) is 0 Å². The summed E-state index contributed by atoms with van der Waals surface area (Å²) >= 11 is 0. The number of hydrogen-bond donors (Lipinski definition) is 0. The Balaban J connectivity index is 3.40. The summed E-state index contributed by atoms with van der Waals surface area (Å²) in [6, 6.07) is 0.410. The third kappa shape index (κ3) is 3.95. The van der Waals surface area contributed by atoms with Crippen LogP contribution in [-0.4, -0.2) is 12.8 Å². The molecule has 1 atom stereocenters. The van der Waals surface area contributed by atoms with Crippen LogP contribution in [0.3, 0.4) is 0 Å². The Morgan fingerprint density at radius 2 is 2.33 bits per heavy atom. The SMILES string of the molecule is C=CCC(CCC)N=C. The van der Waals surface area contributed by atoms with Crippen molar-refractivity contribution in [3.05, 3.63) is 12.7 Å². The third-order valence-corrected chi connectivity index (χ3v) is 1.32. The molecule has 0 saturated heterocycles. The molecule has 0 N–H and O–H groups in total. The van der Waals surface area contributed by atoms with E-state index in [0.29, 0.717) is 6.04 Å². The van der Waals surface area contributed by atoms with Crippen LogP contribution in [0.1, 0.15) is 26.2 Å². The molecule has 0 spiro atoms. The van der Waals surface area contributed by atoms with Gasteiger partial charge in [0.05, 0.1) is 6.04 Å². The minimum Gasteiger partial charge on any atom is -0.297 e. The molecule has 0 heterocycles. The van der Waals surface area contributed by atoms with Crippen molar-refractivity contribution in [3.63, 3.8) is 0 Å². The van der Waals surface area contributed by atoms with Gasteiger partial charge >= 0.3 is 0 Å². The number of nitrogens with zero attached hydrogens (tertiary/aromatic N) is 1. The number of aliphatic imine (C=N–C) groups is 1. The maximum Gasteiger partial charge on any atom is 0.0526 e. The molecule has 0 aromatic rings. The Bertz CT molecular complexity index is 86.6. The number of rotatable bonds is 5. The first-order valence-electron chi connectivity index (χ1n) is 3.41. The summed E-state index contributed by atoms with van der Waals surface area (Å²) in [5, 5.41) is 0. The first-order valence-corrected chi connectivity index (χ1v) is 3.41. The quantitative estimate of drug-likeness (QED) is 0.395. The van der Waals surface area contributed by atoms with Crippen LogP contribution in [0.2, 0.25) is 0 Å². The molecule has 0 aliphatic carbocycles. The molecule has 1 unspecified atom stereocenters. The van der Waals surface area contributed by atoms with Gasteiger partial charge in [-0.15, -0.1) is 6.58 Å². The topological polar surface area (TPSA) is 12.4 Å². The van der Waals surface area contributed by atoms with Gasteiger partial charge in [0.15, 0.2) is 0 Å². The van der Waals surface area contributed by atoms with Gasteiger partial charge in [-0.3, -0.25) is 4.99 Å². The molecule has 0 rings (SSSR count). The van der Waals surface area contributed by atoms with Gasteiger partial charge in [-0.05, 0) is 19.6 Å². The summed E-state index contributed by atoms with van der Waals surface area (Å²) in [4.78, 5) is 3.95. The Hall–Kier alpha value is -0.590. The minimum atomic E-state index is 0.410. The van der Waals surface area contributed by atoms with Crippen LogP contribution in [0.15, 0.2) is 17.6 Å². The second kappa shape index (κ2) is 5.54. The van der Waals surface area contributed by atoms with Crippen molar-refractivity contribution in [2.24, 2.45) is 4.99 Å². The van der Waals surface area contributed by atoms with Crippen LogP contribution in [0, 0.1) is 0 Å². The highest BCUT2D eigenvalue weighted by molar-refractivity contribution is 5.24. The molecule has 0 saturated carbocycles. The maximum absolute atomic E-state index is 3.95. The van der Waals surface area contributed by atoms with Gasteiger partial charge < -0.3 is 0 Å². The first-order chi connectivity index (χ1) is 4.35. The molecule has 0 aliphatic heterocycles. The van der Waals surface area contributed by atoms with E-state index in [0.717, 1.165) is 12.8 Å². The van der Waals surface area contributed by atoms with E-state index in [1.807, 2.05) is 6.08 Å². The zero-order valence-electron chi connectivity index (χ0n) is 6.14. The molecular formula is C8H15N. The van der Waals surface area contributed by atoms with Gasteiger partial charge in [0.25, 0.3) is 0 Å². The van der Waals surface area contributed by atoms with Gasteiger partial charge in [0, 0.05) is 0 Å². The Kier molecular flexibility index (Phi) is 5.18. The van der Waals surface area contributed by atoms with E-state index < -0.39 is 0 Å². The van der Waals surface area contributed by atoms with E-state index in [1.165, 1.54) is 6.42 Å². The van der Waals surface area contributed by atoms with Crippen molar-refractivity contribution < 1.29 is 0 Å². The zero-order valence-corrected chi connectivity index (χ0v) is 6.14. The second-order valence-corrected chi connectivity index (χ2v) is 2.15. The summed E-state index contributed by atoms with van der Waals surface area (Å²) in [5.74, 6) is 0. The van der Waals surface area contributed by atoms with Crippen molar-refractivity contribution in [2.45, 2.75) is 32.2 Å². The Labute approximate surface area is 57.5 Å². The molecule has 9 heavy (non-hydrogen) atoms. The van der Waals surface area contributed by atoms with Crippen molar-refractivity contribution in [1.29, 1.82) is 0 Å². The predicted molar refractivity (Wildman–Crippen MR) is 43.1 cm³/mol. The first kappa shape index (κ1) is 8.41. The van der Waals surface area contributed by atoms with Crippen LogP contribution in [0.25, 0.3) is 0 Å². The van der Waals surface area contributed by atoms with Gasteiger partial charge in [-0.25, -0.2) is 0 Å². The van der Waals surface area contributed by atoms with Crippen molar-refractivity contribution in [1.82, 2.24) is 0 Å². The van der Waals surface area contributed by atoms with Crippen LogP contribution in [-0.2, 0) is 0 Å². The summed E-state index contributed by atoms with van der Waals surface area (Å²) in [6.45, 7) is 9.30. The van der Waals surface area contributed by atoms with E-state index in [-0.39, 0.29) is 0 Å². The van der Waals surface area contributed by atoms with Gasteiger partial charge in [0.1, 0.15) is 0 Å². The lowest BCUT2D eigenvalue weighted by Crippen LogP contribution is -2.00. The average Bonchev–Trinajstić information content (AvgIpc) is 1.88. The molecule has 0 aromatic heterocycles. The lowest BCUT2D eigenvalue weighted by Gasteiger charge is -2.05. The van der Waals surface area contributed by atoms with E-state index in [2.05, 4.69) is 25.2 Å². The summed E-state index contributed by atoms with van der Waals surface area (Å²) in [6.07, 6.45) is 5.18. The highest BCUT2D eigenvalue weighted by Crippen LogP contribution is 2.05. The normalized spacial score (nSPS) is 12.6. The lowest BCUT2D eigenvalue weighted by molar-refractivity contribution is 0.617. The molecule has 0 amide bonds. The van der Waals surface area contributed by atoms with E-state index >= 15 is 0 Å². The predicted octanol–water partition coefficient (Wildman–Crippen LogP) is 2.43.